The number of ether oxygens (including phenoxy) is 1. The molecule has 19 heavy (non-hydrogen) atoms. The van der Waals surface area contributed by atoms with E-state index in [1.807, 2.05) is 13.0 Å². The smallest absolute Gasteiger partial charge is 0.255 e. The molecule has 0 aliphatic heterocycles. The molecule has 4 nitrogen and oxygen atoms in total. The van der Waals surface area contributed by atoms with E-state index < -0.39 is 0 Å². The summed E-state index contributed by atoms with van der Waals surface area (Å²) in [5, 5.41) is 12.2. The molecule has 1 unspecified atom stereocenters. The van der Waals surface area contributed by atoms with E-state index in [9.17, 15) is 9.90 Å². The van der Waals surface area contributed by atoms with Crippen LogP contribution in [0.2, 0.25) is 0 Å². The Morgan fingerprint density at radius 1 is 1.42 bits per heavy atom. The van der Waals surface area contributed by atoms with Crippen LogP contribution in [-0.4, -0.2) is 30.8 Å². The van der Waals surface area contributed by atoms with Crippen molar-refractivity contribution in [3.8, 4) is 5.75 Å². The van der Waals surface area contributed by atoms with Crippen LogP contribution < -0.4 is 10.1 Å². The highest BCUT2D eigenvalue weighted by molar-refractivity contribution is 5.97. The standard InChI is InChI=1S/C15H23NO3/c1-10(2)7-12(9-17)16-15(18)13-8-11(3)5-6-14(13)19-4/h5-6,8,10,12,17H,7,9H2,1-4H3,(H,16,18). The summed E-state index contributed by atoms with van der Waals surface area (Å²) in [6.45, 7) is 5.98. The lowest BCUT2D eigenvalue weighted by molar-refractivity contribution is 0.0905. The number of aliphatic hydroxyl groups excluding tert-OH is 1. The van der Waals surface area contributed by atoms with Gasteiger partial charge < -0.3 is 15.2 Å². The number of hydrogen-bond donors (Lipinski definition) is 2. The lowest BCUT2D eigenvalue weighted by atomic mass is 10.0. The van der Waals surface area contributed by atoms with Crippen molar-refractivity contribution in [1.29, 1.82) is 0 Å². The van der Waals surface area contributed by atoms with Gasteiger partial charge in [0.1, 0.15) is 5.75 Å². The minimum Gasteiger partial charge on any atom is -0.496 e. The van der Waals surface area contributed by atoms with Crippen LogP contribution in [0.3, 0.4) is 0 Å². The molecule has 1 rings (SSSR count). The third-order valence-electron chi connectivity index (χ3n) is 2.91. The van der Waals surface area contributed by atoms with Crippen molar-refractivity contribution in [1.82, 2.24) is 5.32 Å². The van der Waals surface area contributed by atoms with Crippen LogP contribution in [0.15, 0.2) is 18.2 Å². The van der Waals surface area contributed by atoms with Gasteiger partial charge in [-0.15, -0.1) is 0 Å². The van der Waals surface area contributed by atoms with E-state index in [2.05, 4.69) is 19.2 Å². The number of carbonyl (C=O) groups is 1. The van der Waals surface area contributed by atoms with Crippen LogP contribution in [0.25, 0.3) is 0 Å². The lowest BCUT2D eigenvalue weighted by Crippen LogP contribution is -2.38. The van der Waals surface area contributed by atoms with Crippen LogP contribution in [0.5, 0.6) is 5.75 Å². The summed E-state index contributed by atoms with van der Waals surface area (Å²) < 4.78 is 5.19. The number of rotatable bonds is 6. The van der Waals surface area contributed by atoms with Crippen molar-refractivity contribution in [3.05, 3.63) is 29.3 Å². The zero-order valence-electron chi connectivity index (χ0n) is 12.1. The van der Waals surface area contributed by atoms with E-state index >= 15 is 0 Å². The minimum absolute atomic E-state index is 0.0575. The molecule has 0 aromatic heterocycles. The largest absolute Gasteiger partial charge is 0.496 e. The second-order valence-corrected chi connectivity index (χ2v) is 5.19. The van der Waals surface area contributed by atoms with E-state index in [0.717, 1.165) is 12.0 Å². The van der Waals surface area contributed by atoms with Crippen LogP contribution in [0.4, 0.5) is 0 Å². The van der Waals surface area contributed by atoms with Crippen molar-refractivity contribution in [2.75, 3.05) is 13.7 Å². The Balaban J connectivity index is 2.84. The Labute approximate surface area is 114 Å². The van der Waals surface area contributed by atoms with Crippen molar-refractivity contribution < 1.29 is 14.6 Å². The van der Waals surface area contributed by atoms with Gasteiger partial charge in [-0.05, 0) is 31.4 Å². The quantitative estimate of drug-likeness (QED) is 0.828. The van der Waals surface area contributed by atoms with Crippen LogP contribution in [0.1, 0.15) is 36.2 Å². The van der Waals surface area contributed by atoms with Gasteiger partial charge in [-0.1, -0.05) is 25.5 Å². The Bertz CT molecular complexity index is 429. The lowest BCUT2D eigenvalue weighted by Gasteiger charge is -2.19. The fraction of sp³-hybridized carbons (Fsp3) is 0.533. The van der Waals surface area contributed by atoms with Gasteiger partial charge in [0.2, 0.25) is 0 Å². The fourth-order valence-electron chi connectivity index (χ4n) is 2.01. The minimum atomic E-state index is -0.224. The third-order valence-corrected chi connectivity index (χ3v) is 2.91. The molecule has 0 bridgehead atoms. The maximum atomic E-state index is 12.2. The molecule has 1 aromatic rings. The zero-order valence-corrected chi connectivity index (χ0v) is 12.1. The monoisotopic (exact) mass is 265 g/mol. The summed E-state index contributed by atoms with van der Waals surface area (Å²) in [5.41, 5.74) is 1.50. The van der Waals surface area contributed by atoms with Gasteiger partial charge in [-0.3, -0.25) is 4.79 Å². The normalized spacial score (nSPS) is 12.3. The van der Waals surface area contributed by atoms with Gasteiger partial charge in [0.05, 0.1) is 25.3 Å². The summed E-state index contributed by atoms with van der Waals surface area (Å²) in [6, 6.07) is 5.24. The molecular formula is C15H23NO3. The zero-order chi connectivity index (χ0) is 14.4. The van der Waals surface area contributed by atoms with E-state index in [-0.39, 0.29) is 18.6 Å². The Kier molecular flexibility index (Phi) is 5.83. The molecule has 0 aliphatic carbocycles. The van der Waals surface area contributed by atoms with Crippen molar-refractivity contribution in [2.45, 2.75) is 33.2 Å². The number of aryl methyl sites for hydroxylation is 1. The predicted molar refractivity (Wildman–Crippen MR) is 75.5 cm³/mol. The molecule has 0 heterocycles. The number of aliphatic hydroxyl groups is 1. The highest BCUT2D eigenvalue weighted by Crippen LogP contribution is 2.19. The Morgan fingerprint density at radius 3 is 2.63 bits per heavy atom. The number of benzene rings is 1. The Hall–Kier alpha value is -1.55. The first kappa shape index (κ1) is 15.5. The number of nitrogens with one attached hydrogen (secondary N) is 1. The highest BCUT2D eigenvalue weighted by Gasteiger charge is 2.17. The van der Waals surface area contributed by atoms with Gasteiger partial charge in [0.15, 0.2) is 0 Å². The fourth-order valence-corrected chi connectivity index (χ4v) is 2.01. The molecule has 1 atom stereocenters. The van der Waals surface area contributed by atoms with Crippen LogP contribution in [-0.2, 0) is 0 Å². The number of hydrogen-bond acceptors (Lipinski definition) is 3. The maximum absolute atomic E-state index is 12.2. The van der Waals surface area contributed by atoms with E-state index in [0.29, 0.717) is 17.2 Å². The summed E-state index contributed by atoms with van der Waals surface area (Å²) in [5.74, 6) is 0.751. The van der Waals surface area contributed by atoms with Crippen molar-refractivity contribution in [2.24, 2.45) is 5.92 Å². The van der Waals surface area contributed by atoms with Gasteiger partial charge in [0.25, 0.3) is 5.91 Å². The third kappa shape index (κ3) is 4.56. The average Bonchev–Trinajstić information content (AvgIpc) is 2.37. The molecule has 0 fully saturated rings. The first-order chi connectivity index (χ1) is 8.97. The number of amides is 1. The molecule has 0 saturated heterocycles. The second-order valence-electron chi connectivity index (χ2n) is 5.19. The summed E-state index contributed by atoms with van der Waals surface area (Å²) in [7, 11) is 1.54. The van der Waals surface area contributed by atoms with E-state index in [1.165, 1.54) is 0 Å². The van der Waals surface area contributed by atoms with Crippen molar-refractivity contribution >= 4 is 5.91 Å². The average molecular weight is 265 g/mol. The Morgan fingerprint density at radius 2 is 2.11 bits per heavy atom. The first-order valence-electron chi connectivity index (χ1n) is 6.54. The molecule has 1 aromatic carbocycles. The summed E-state index contributed by atoms with van der Waals surface area (Å²) in [6.07, 6.45) is 0.746. The predicted octanol–water partition coefficient (Wildman–Crippen LogP) is 2.14. The van der Waals surface area contributed by atoms with Gasteiger partial charge in [0, 0.05) is 0 Å². The molecule has 2 N–H and O–H groups in total. The van der Waals surface area contributed by atoms with Gasteiger partial charge in [-0.25, -0.2) is 0 Å². The molecule has 0 spiro atoms. The molecular weight excluding hydrogens is 242 g/mol. The van der Waals surface area contributed by atoms with Crippen LogP contribution >= 0.6 is 0 Å². The maximum Gasteiger partial charge on any atom is 0.255 e. The topological polar surface area (TPSA) is 58.6 Å². The first-order valence-corrected chi connectivity index (χ1v) is 6.54. The van der Waals surface area contributed by atoms with Crippen molar-refractivity contribution in [3.63, 3.8) is 0 Å². The van der Waals surface area contributed by atoms with E-state index in [1.54, 1.807) is 19.2 Å². The molecule has 1 amide bonds. The SMILES string of the molecule is COc1ccc(C)cc1C(=O)NC(CO)CC(C)C. The number of methoxy groups -OCH3 is 1. The van der Waals surface area contributed by atoms with E-state index in [4.69, 9.17) is 4.74 Å². The second kappa shape index (κ2) is 7.14. The van der Waals surface area contributed by atoms with Gasteiger partial charge >= 0.3 is 0 Å². The van der Waals surface area contributed by atoms with Gasteiger partial charge in [-0.2, -0.15) is 0 Å². The molecule has 106 valence electrons. The molecule has 0 radical (unpaired) electrons. The molecule has 0 saturated carbocycles. The highest BCUT2D eigenvalue weighted by atomic mass is 16.5. The molecule has 0 aliphatic rings. The summed E-state index contributed by atoms with van der Waals surface area (Å²) >= 11 is 0. The van der Waals surface area contributed by atoms with Crippen LogP contribution in [0, 0.1) is 12.8 Å². The summed E-state index contributed by atoms with van der Waals surface area (Å²) in [4.78, 5) is 12.2. The molecule has 4 heteroatoms. The number of carbonyl (C=O) groups excluding carboxylic acids is 1.